The van der Waals surface area contributed by atoms with E-state index in [-0.39, 0.29) is 17.4 Å². The average Bonchev–Trinajstić information content (AvgIpc) is 2.78. The topological polar surface area (TPSA) is 80.5 Å². The van der Waals surface area contributed by atoms with Crippen molar-refractivity contribution in [1.29, 1.82) is 0 Å². The van der Waals surface area contributed by atoms with E-state index >= 15 is 0 Å². The monoisotopic (exact) mass is 340 g/mol. The predicted octanol–water partition coefficient (Wildman–Crippen LogP) is 2.73. The van der Waals surface area contributed by atoms with E-state index in [1.165, 1.54) is 19.2 Å². The Bertz CT molecular complexity index is 1100. The van der Waals surface area contributed by atoms with Gasteiger partial charge in [-0.25, -0.2) is 9.78 Å². The smallest absolute Gasteiger partial charge is 0.347 e. The fourth-order valence-electron chi connectivity index (χ4n) is 2.66. The third-order valence-corrected chi connectivity index (χ3v) is 4.16. The Morgan fingerprint density at radius 2 is 1.75 bits per heavy atom. The number of carbonyl (C=O) groups excluding carboxylic acids is 2. The Hall–Kier alpha value is -2.99. The van der Waals surface area contributed by atoms with E-state index in [2.05, 4.69) is 4.98 Å². The number of imide groups is 1. The maximum Gasteiger partial charge on any atom is 0.347 e. The zero-order chi connectivity index (χ0) is 17.0. The molecule has 6 nitrogen and oxygen atoms in total. The van der Waals surface area contributed by atoms with Gasteiger partial charge >= 0.3 is 5.63 Å². The molecule has 4 rings (SSSR count). The highest BCUT2D eigenvalue weighted by atomic mass is 35.5. The second-order valence-electron chi connectivity index (χ2n) is 5.40. The highest BCUT2D eigenvalue weighted by Gasteiger charge is 2.33. The predicted molar refractivity (Wildman–Crippen MR) is 87.1 cm³/mol. The summed E-state index contributed by atoms with van der Waals surface area (Å²) in [6, 6.07) is 9.30. The maximum absolute atomic E-state index is 12.1. The molecule has 1 aromatic heterocycles. The van der Waals surface area contributed by atoms with Gasteiger partial charge in [-0.15, -0.1) is 0 Å². The second-order valence-corrected chi connectivity index (χ2v) is 5.83. The minimum absolute atomic E-state index is 0.0624. The molecule has 0 saturated carbocycles. The number of aromatic nitrogens is 1. The number of halogens is 1. The quantitative estimate of drug-likeness (QED) is 0.636. The van der Waals surface area contributed by atoms with Crippen molar-refractivity contribution in [3.05, 3.63) is 63.0 Å². The van der Waals surface area contributed by atoms with Gasteiger partial charge in [-0.1, -0.05) is 11.6 Å². The van der Waals surface area contributed by atoms with Crippen molar-refractivity contribution in [1.82, 2.24) is 9.88 Å². The molecule has 0 bridgehead atoms. The lowest BCUT2D eigenvalue weighted by atomic mass is 10.1. The largest absolute Gasteiger partial charge is 0.403 e. The SMILES string of the molecule is CN1C(=O)c2ccc(-c3nc4cc(Cl)ccc4c(=O)o3)cc2C1=O. The molecule has 3 aromatic rings. The molecule has 0 N–H and O–H groups in total. The zero-order valence-electron chi connectivity index (χ0n) is 12.4. The van der Waals surface area contributed by atoms with E-state index in [0.717, 1.165) is 4.90 Å². The normalized spacial score (nSPS) is 13.7. The van der Waals surface area contributed by atoms with Gasteiger partial charge in [0.25, 0.3) is 11.8 Å². The van der Waals surface area contributed by atoms with Crippen LogP contribution in [-0.2, 0) is 0 Å². The summed E-state index contributed by atoms with van der Waals surface area (Å²) in [7, 11) is 1.42. The van der Waals surface area contributed by atoms with Crippen LogP contribution in [-0.4, -0.2) is 28.7 Å². The number of benzene rings is 2. The lowest BCUT2D eigenvalue weighted by Crippen LogP contribution is -2.24. The molecule has 2 heterocycles. The Kier molecular flexibility index (Phi) is 3.04. The lowest BCUT2D eigenvalue weighted by molar-refractivity contribution is 0.0693. The fourth-order valence-corrected chi connectivity index (χ4v) is 2.83. The third kappa shape index (κ3) is 2.04. The van der Waals surface area contributed by atoms with Crippen LogP contribution in [0.2, 0.25) is 5.02 Å². The molecule has 0 aliphatic carbocycles. The van der Waals surface area contributed by atoms with E-state index < -0.39 is 11.5 Å². The molecule has 0 fully saturated rings. The van der Waals surface area contributed by atoms with Gasteiger partial charge in [0.2, 0.25) is 5.89 Å². The molecule has 2 amide bonds. The van der Waals surface area contributed by atoms with Crippen LogP contribution in [0.5, 0.6) is 0 Å². The van der Waals surface area contributed by atoms with E-state index in [1.54, 1.807) is 24.3 Å². The van der Waals surface area contributed by atoms with E-state index in [4.69, 9.17) is 16.0 Å². The maximum atomic E-state index is 12.1. The van der Waals surface area contributed by atoms with Crippen molar-refractivity contribution in [2.24, 2.45) is 0 Å². The molecule has 2 aromatic carbocycles. The van der Waals surface area contributed by atoms with Crippen LogP contribution in [0.15, 0.2) is 45.6 Å². The average molecular weight is 341 g/mol. The first-order chi connectivity index (χ1) is 11.5. The number of amides is 2. The molecular weight excluding hydrogens is 332 g/mol. The number of rotatable bonds is 1. The first kappa shape index (κ1) is 14.6. The van der Waals surface area contributed by atoms with Crippen LogP contribution in [0.3, 0.4) is 0 Å². The molecule has 0 spiro atoms. The summed E-state index contributed by atoms with van der Waals surface area (Å²) in [6.45, 7) is 0. The lowest BCUT2D eigenvalue weighted by Gasteiger charge is -2.03. The third-order valence-electron chi connectivity index (χ3n) is 3.93. The molecule has 0 atom stereocenters. The van der Waals surface area contributed by atoms with Gasteiger partial charge in [0.15, 0.2) is 0 Å². The van der Waals surface area contributed by atoms with E-state index in [9.17, 15) is 14.4 Å². The van der Waals surface area contributed by atoms with Gasteiger partial charge in [0, 0.05) is 17.6 Å². The Morgan fingerprint density at radius 3 is 2.54 bits per heavy atom. The van der Waals surface area contributed by atoms with Crippen LogP contribution in [0, 0.1) is 0 Å². The van der Waals surface area contributed by atoms with Crippen LogP contribution in [0.25, 0.3) is 22.4 Å². The van der Waals surface area contributed by atoms with Gasteiger partial charge in [0.05, 0.1) is 22.0 Å². The van der Waals surface area contributed by atoms with Gasteiger partial charge in [0.1, 0.15) is 0 Å². The first-order valence-corrected chi connectivity index (χ1v) is 7.41. The fraction of sp³-hybridized carbons (Fsp3) is 0.0588. The van der Waals surface area contributed by atoms with Crippen LogP contribution in [0.1, 0.15) is 20.7 Å². The van der Waals surface area contributed by atoms with Gasteiger partial charge in [-0.3, -0.25) is 14.5 Å². The summed E-state index contributed by atoms with van der Waals surface area (Å²) in [4.78, 5) is 41.5. The number of nitrogens with zero attached hydrogens (tertiary/aromatic N) is 2. The van der Waals surface area contributed by atoms with Crippen molar-refractivity contribution < 1.29 is 14.0 Å². The number of hydrogen-bond acceptors (Lipinski definition) is 5. The van der Waals surface area contributed by atoms with Gasteiger partial charge in [-0.2, -0.15) is 0 Å². The van der Waals surface area contributed by atoms with Crippen molar-refractivity contribution in [3.8, 4) is 11.5 Å². The number of carbonyl (C=O) groups is 2. The Morgan fingerprint density at radius 1 is 1.00 bits per heavy atom. The molecule has 7 heteroatoms. The molecule has 1 aliphatic rings. The molecule has 0 unspecified atom stereocenters. The Balaban J connectivity index is 1.92. The highest BCUT2D eigenvalue weighted by molar-refractivity contribution is 6.31. The summed E-state index contributed by atoms with van der Waals surface area (Å²) in [6.07, 6.45) is 0. The standard InChI is InChI=1S/C17H9ClN2O4/c1-20-15(21)10-4-2-8(6-12(10)16(20)22)14-19-13-7-9(18)3-5-11(13)17(23)24-14/h2-7H,1H3. The molecule has 0 radical (unpaired) electrons. The van der Waals surface area contributed by atoms with Crippen LogP contribution in [0.4, 0.5) is 0 Å². The van der Waals surface area contributed by atoms with Gasteiger partial charge < -0.3 is 4.42 Å². The van der Waals surface area contributed by atoms with E-state index in [1.807, 2.05) is 0 Å². The summed E-state index contributed by atoms with van der Waals surface area (Å²) in [5.41, 5.74) is 0.859. The highest BCUT2D eigenvalue weighted by Crippen LogP contribution is 2.27. The zero-order valence-corrected chi connectivity index (χ0v) is 13.1. The number of hydrogen-bond donors (Lipinski definition) is 0. The van der Waals surface area contributed by atoms with Crippen molar-refractivity contribution in [3.63, 3.8) is 0 Å². The minimum atomic E-state index is -0.549. The van der Waals surface area contributed by atoms with Crippen molar-refractivity contribution in [2.75, 3.05) is 7.05 Å². The summed E-state index contributed by atoms with van der Waals surface area (Å²) < 4.78 is 5.25. The number of fused-ring (bicyclic) bond motifs is 2. The van der Waals surface area contributed by atoms with Crippen LogP contribution >= 0.6 is 11.6 Å². The molecule has 1 aliphatic heterocycles. The molecule has 0 saturated heterocycles. The second kappa shape index (κ2) is 5.01. The molecule has 118 valence electrons. The Labute approximate surface area is 140 Å². The minimum Gasteiger partial charge on any atom is -0.403 e. The first-order valence-electron chi connectivity index (χ1n) is 7.03. The van der Waals surface area contributed by atoms with Crippen molar-refractivity contribution in [2.45, 2.75) is 0 Å². The molecular formula is C17H9ClN2O4. The van der Waals surface area contributed by atoms with Crippen LogP contribution < -0.4 is 5.63 Å². The van der Waals surface area contributed by atoms with Crippen molar-refractivity contribution >= 4 is 34.3 Å². The summed E-state index contributed by atoms with van der Waals surface area (Å²) >= 11 is 5.94. The summed E-state index contributed by atoms with van der Waals surface area (Å²) in [5.74, 6) is -0.698. The van der Waals surface area contributed by atoms with Gasteiger partial charge in [-0.05, 0) is 36.4 Å². The van der Waals surface area contributed by atoms with E-state index in [0.29, 0.717) is 27.1 Å². The summed E-state index contributed by atoms with van der Waals surface area (Å²) in [5, 5.41) is 0.762. The molecule has 24 heavy (non-hydrogen) atoms.